The molecule has 176 valence electrons. The molecular formula is C30H28N2O3. The number of hydrogen-bond acceptors (Lipinski definition) is 3. The number of aliphatic hydroxyl groups excluding tert-OH is 1. The number of benzene rings is 3. The molecule has 5 rings (SSSR count). The molecule has 0 aliphatic carbocycles. The van der Waals surface area contributed by atoms with Gasteiger partial charge < -0.3 is 10.1 Å². The molecule has 1 unspecified atom stereocenters. The average molecular weight is 465 g/mol. The quantitative estimate of drug-likeness (QED) is 0.209. The van der Waals surface area contributed by atoms with Gasteiger partial charge in [-0.15, -0.1) is 0 Å². The summed E-state index contributed by atoms with van der Waals surface area (Å²) >= 11 is 0. The number of para-hydroxylation sites is 2. The molecule has 4 aromatic rings. The summed E-state index contributed by atoms with van der Waals surface area (Å²) < 4.78 is 0. The topological polar surface area (TPSA) is 73.4 Å². The van der Waals surface area contributed by atoms with Crippen molar-refractivity contribution in [3.8, 4) is 0 Å². The number of aliphatic hydroxyl groups is 1. The molecule has 0 bridgehead atoms. The smallest absolute Gasteiger partial charge is 0.300 e. The van der Waals surface area contributed by atoms with Crippen molar-refractivity contribution in [2.24, 2.45) is 0 Å². The number of hydrogen-bond donors (Lipinski definition) is 2. The van der Waals surface area contributed by atoms with Gasteiger partial charge in [-0.05, 0) is 47.7 Å². The van der Waals surface area contributed by atoms with Gasteiger partial charge >= 0.3 is 0 Å². The van der Waals surface area contributed by atoms with Gasteiger partial charge in [0.05, 0.1) is 11.6 Å². The van der Waals surface area contributed by atoms with Crippen LogP contribution >= 0.6 is 0 Å². The zero-order valence-corrected chi connectivity index (χ0v) is 20.3. The van der Waals surface area contributed by atoms with Crippen LogP contribution in [0.3, 0.4) is 0 Å². The number of nitrogens with zero attached hydrogens (tertiary/aromatic N) is 1. The van der Waals surface area contributed by atoms with E-state index in [2.05, 4.69) is 25.8 Å². The van der Waals surface area contributed by atoms with Crippen LogP contribution in [0.2, 0.25) is 0 Å². The van der Waals surface area contributed by atoms with E-state index in [0.717, 1.165) is 27.6 Å². The summed E-state index contributed by atoms with van der Waals surface area (Å²) in [4.78, 5) is 31.7. The van der Waals surface area contributed by atoms with Crippen LogP contribution in [0.1, 0.15) is 49.1 Å². The molecule has 1 fully saturated rings. The molecule has 5 nitrogen and oxygen atoms in total. The van der Waals surface area contributed by atoms with Gasteiger partial charge in [-0.2, -0.15) is 0 Å². The van der Waals surface area contributed by atoms with Crippen molar-refractivity contribution in [1.82, 2.24) is 4.98 Å². The fraction of sp³-hybridized carbons (Fsp3) is 0.200. The second-order valence-electron chi connectivity index (χ2n) is 10.1. The minimum absolute atomic E-state index is 0.0952. The van der Waals surface area contributed by atoms with Crippen LogP contribution in [0.5, 0.6) is 0 Å². The van der Waals surface area contributed by atoms with E-state index in [1.165, 1.54) is 4.90 Å². The van der Waals surface area contributed by atoms with E-state index in [9.17, 15) is 14.7 Å². The fourth-order valence-corrected chi connectivity index (χ4v) is 4.79. The molecule has 2 heterocycles. The van der Waals surface area contributed by atoms with E-state index in [1.807, 2.05) is 73.8 Å². The van der Waals surface area contributed by atoms with Crippen LogP contribution in [-0.2, 0) is 15.0 Å². The van der Waals surface area contributed by atoms with Gasteiger partial charge in [-0.25, -0.2) is 0 Å². The highest BCUT2D eigenvalue weighted by molar-refractivity contribution is 6.51. The molecule has 1 aromatic heterocycles. The van der Waals surface area contributed by atoms with Crippen LogP contribution in [0.15, 0.2) is 84.6 Å². The molecule has 35 heavy (non-hydrogen) atoms. The molecule has 1 aliphatic heterocycles. The van der Waals surface area contributed by atoms with E-state index in [1.54, 1.807) is 12.1 Å². The summed E-state index contributed by atoms with van der Waals surface area (Å²) in [5.41, 5.74) is 4.64. The molecule has 3 aromatic carbocycles. The van der Waals surface area contributed by atoms with Gasteiger partial charge in [0.25, 0.3) is 11.7 Å². The molecule has 5 heteroatoms. The maximum Gasteiger partial charge on any atom is 0.300 e. The van der Waals surface area contributed by atoms with Crippen molar-refractivity contribution in [1.29, 1.82) is 0 Å². The van der Waals surface area contributed by atoms with Crippen LogP contribution in [-0.4, -0.2) is 21.8 Å². The minimum atomic E-state index is -0.772. The zero-order valence-electron chi connectivity index (χ0n) is 20.3. The largest absolute Gasteiger partial charge is 0.507 e. The number of aryl methyl sites for hydroxylation is 1. The number of amides is 1. The van der Waals surface area contributed by atoms with Crippen LogP contribution in [0.25, 0.3) is 16.7 Å². The van der Waals surface area contributed by atoms with Gasteiger partial charge in [-0.3, -0.25) is 14.5 Å². The van der Waals surface area contributed by atoms with Crippen molar-refractivity contribution in [2.75, 3.05) is 4.90 Å². The third-order valence-corrected chi connectivity index (χ3v) is 6.75. The number of carbonyl (C=O) groups excluding carboxylic acids is 2. The summed E-state index contributed by atoms with van der Waals surface area (Å²) in [5, 5.41) is 12.5. The van der Waals surface area contributed by atoms with Crippen LogP contribution in [0.4, 0.5) is 5.69 Å². The zero-order chi connectivity index (χ0) is 24.9. The lowest BCUT2D eigenvalue weighted by Gasteiger charge is -2.25. The van der Waals surface area contributed by atoms with Crippen molar-refractivity contribution >= 4 is 34.0 Å². The third kappa shape index (κ3) is 3.73. The lowest BCUT2D eigenvalue weighted by molar-refractivity contribution is -0.132. The Balaban J connectivity index is 1.79. The number of H-pyrrole nitrogens is 1. The van der Waals surface area contributed by atoms with Gasteiger partial charge in [0.2, 0.25) is 0 Å². The highest BCUT2D eigenvalue weighted by atomic mass is 16.3. The standard InChI is InChI=1S/C30H28N2O3/c1-18-14-15-19(30(2,3)4)16-22(18)27(33)25-26(23-17-31-24-13-9-8-12-21(23)24)32(29(35)28(25)34)20-10-6-5-7-11-20/h5-17,26,31,33H,1-4H3/b27-25+. The first-order valence-corrected chi connectivity index (χ1v) is 11.7. The number of fused-ring (bicyclic) bond motifs is 1. The van der Waals surface area contributed by atoms with Crippen molar-refractivity contribution in [2.45, 2.75) is 39.2 Å². The third-order valence-electron chi connectivity index (χ3n) is 6.75. The number of anilines is 1. The first-order valence-electron chi connectivity index (χ1n) is 11.7. The summed E-state index contributed by atoms with van der Waals surface area (Å²) in [6.45, 7) is 8.20. The second kappa shape index (κ2) is 8.27. The number of aromatic amines is 1. The normalized spacial score (nSPS) is 17.9. The number of aromatic nitrogens is 1. The first-order chi connectivity index (χ1) is 16.7. The molecule has 0 saturated carbocycles. The lowest BCUT2D eigenvalue weighted by Crippen LogP contribution is -2.29. The number of ketones is 1. The van der Waals surface area contributed by atoms with Gasteiger partial charge in [0.1, 0.15) is 5.76 Å². The van der Waals surface area contributed by atoms with E-state index >= 15 is 0 Å². The SMILES string of the molecule is Cc1ccc(C(C)(C)C)cc1/C(O)=C1\C(=O)C(=O)N(c2ccccc2)C1c1c[nH]c2ccccc12. The summed E-state index contributed by atoms with van der Waals surface area (Å²) in [6, 6.07) is 22.0. The number of carbonyl (C=O) groups is 2. The Morgan fingerprint density at radius 1 is 0.943 bits per heavy atom. The van der Waals surface area contributed by atoms with Crippen molar-refractivity contribution in [3.05, 3.63) is 107 Å². The summed E-state index contributed by atoms with van der Waals surface area (Å²) in [5.74, 6) is -1.50. The molecule has 0 radical (unpaired) electrons. The number of rotatable bonds is 3. The van der Waals surface area contributed by atoms with E-state index in [-0.39, 0.29) is 16.7 Å². The Labute approximate surface area is 204 Å². The van der Waals surface area contributed by atoms with Gasteiger partial charge in [-0.1, -0.05) is 69.3 Å². The predicted molar refractivity (Wildman–Crippen MR) is 139 cm³/mol. The monoisotopic (exact) mass is 464 g/mol. The molecule has 0 spiro atoms. The maximum absolute atomic E-state index is 13.5. The lowest BCUT2D eigenvalue weighted by atomic mass is 9.84. The van der Waals surface area contributed by atoms with Crippen molar-refractivity contribution in [3.63, 3.8) is 0 Å². The van der Waals surface area contributed by atoms with Crippen LogP contribution < -0.4 is 4.90 Å². The summed E-state index contributed by atoms with van der Waals surface area (Å²) in [7, 11) is 0. The number of Topliss-reactive ketones (excluding diaryl/α,β-unsaturated/α-hetero) is 1. The summed E-state index contributed by atoms with van der Waals surface area (Å²) in [6.07, 6.45) is 1.82. The Morgan fingerprint density at radius 2 is 1.63 bits per heavy atom. The molecule has 2 N–H and O–H groups in total. The van der Waals surface area contributed by atoms with E-state index in [0.29, 0.717) is 11.3 Å². The van der Waals surface area contributed by atoms with E-state index in [4.69, 9.17) is 0 Å². The molecule has 1 aliphatic rings. The Kier molecular flexibility index (Phi) is 5.36. The molecule has 1 atom stereocenters. The van der Waals surface area contributed by atoms with Crippen LogP contribution in [0, 0.1) is 6.92 Å². The molecular weight excluding hydrogens is 436 g/mol. The van der Waals surface area contributed by atoms with E-state index < -0.39 is 17.7 Å². The maximum atomic E-state index is 13.5. The predicted octanol–water partition coefficient (Wildman–Crippen LogP) is 6.40. The Morgan fingerprint density at radius 3 is 2.34 bits per heavy atom. The number of nitrogens with one attached hydrogen (secondary N) is 1. The highest BCUT2D eigenvalue weighted by Gasteiger charge is 2.47. The average Bonchev–Trinajstić information content (AvgIpc) is 3.37. The fourth-order valence-electron chi connectivity index (χ4n) is 4.79. The Hall–Kier alpha value is -4.12. The highest BCUT2D eigenvalue weighted by Crippen LogP contribution is 2.44. The first kappa shape index (κ1) is 22.7. The van der Waals surface area contributed by atoms with Crippen molar-refractivity contribution < 1.29 is 14.7 Å². The Bertz CT molecular complexity index is 1490. The molecule has 1 amide bonds. The van der Waals surface area contributed by atoms with Gasteiger partial charge in [0.15, 0.2) is 0 Å². The van der Waals surface area contributed by atoms with Gasteiger partial charge in [0, 0.05) is 33.9 Å². The minimum Gasteiger partial charge on any atom is -0.507 e. The second-order valence-corrected chi connectivity index (χ2v) is 10.1. The molecule has 1 saturated heterocycles.